The summed E-state index contributed by atoms with van der Waals surface area (Å²) in [6, 6.07) is 12.2. The van der Waals surface area contributed by atoms with Crippen LogP contribution in [0.3, 0.4) is 0 Å². The molecular weight excluding hydrogens is 372 g/mol. The van der Waals surface area contributed by atoms with E-state index in [1.165, 1.54) is 0 Å². The second kappa shape index (κ2) is 8.27. The van der Waals surface area contributed by atoms with Gasteiger partial charge in [0.15, 0.2) is 0 Å². The Hall–Kier alpha value is -2.83. The van der Waals surface area contributed by atoms with Crippen LogP contribution in [0.1, 0.15) is 35.6 Å². The van der Waals surface area contributed by atoms with E-state index in [-0.39, 0.29) is 12.2 Å². The van der Waals surface area contributed by atoms with E-state index >= 15 is 0 Å². The van der Waals surface area contributed by atoms with Crippen molar-refractivity contribution in [2.75, 3.05) is 13.7 Å². The van der Waals surface area contributed by atoms with Gasteiger partial charge in [-0.3, -0.25) is 0 Å². The van der Waals surface area contributed by atoms with Gasteiger partial charge in [0.1, 0.15) is 35.9 Å². The van der Waals surface area contributed by atoms with Crippen LogP contribution in [0.2, 0.25) is 0 Å². The zero-order chi connectivity index (χ0) is 20.4. The van der Waals surface area contributed by atoms with Crippen molar-refractivity contribution in [3.8, 4) is 11.5 Å². The average Bonchev–Trinajstić information content (AvgIpc) is 2.77. The first-order valence-corrected chi connectivity index (χ1v) is 9.79. The van der Waals surface area contributed by atoms with Crippen LogP contribution in [-0.4, -0.2) is 30.0 Å². The Kier molecular flexibility index (Phi) is 5.56. The smallest absolute Gasteiger partial charge is 0.339 e. The number of aliphatic hydroxyl groups excluding tert-OH is 2. The fourth-order valence-electron chi connectivity index (χ4n) is 3.92. The summed E-state index contributed by atoms with van der Waals surface area (Å²) < 4.78 is 16.2. The first-order chi connectivity index (χ1) is 14.1. The fourth-order valence-corrected chi connectivity index (χ4v) is 3.92. The predicted molar refractivity (Wildman–Crippen MR) is 109 cm³/mol. The highest BCUT2D eigenvalue weighted by molar-refractivity contribution is 5.85. The van der Waals surface area contributed by atoms with Gasteiger partial charge in [0.05, 0.1) is 7.11 Å². The molecule has 0 amide bonds. The minimum absolute atomic E-state index is 0.0805. The molecule has 3 aromatic rings. The molecule has 0 saturated heterocycles. The Morgan fingerprint density at radius 3 is 2.41 bits per heavy atom. The lowest BCUT2D eigenvalue weighted by Crippen LogP contribution is -2.26. The van der Waals surface area contributed by atoms with E-state index in [4.69, 9.17) is 13.9 Å². The van der Waals surface area contributed by atoms with Crippen molar-refractivity contribution < 1.29 is 24.1 Å². The summed E-state index contributed by atoms with van der Waals surface area (Å²) in [4.78, 5) is 12.3. The third kappa shape index (κ3) is 3.86. The lowest BCUT2D eigenvalue weighted by Gasteiger charge is -2.23. The lowest BCUT2D eigenvalue weighted by molar-refractivity contribution is -0.00833. The number of hydrogen-bond donors (Lipinski definition) is 2. The minimum Gasteiger partial charge on any atom is -0.497 e. The van der Waals surface area contributed by atoms with Gasteiger partial charge in [0, 0.05) is 10.9 Å². The standard InChI is InChI=1S/C23H24O6/c1-27-14-9-11-15(12-10-14)28-13-19(24)22(25)18-7-4-8-20-21(18)16-5-2-3-6-17(16)23(26)29-20/h4,7-12,19,22,24-25H,2-3,5-6,13H2,1H3. The van der Waals surface area contributed by atoms with E-state index in [2.05, 4.69) is 0 Å². The molecule has 6 nitrogen and oxygen atoms in total. The molecule has 4 rings (SSSR count). The van der Waals surface area contributed by atoms with Gasteiger partial charge in [-0.15, -0.1) is 0 Å². The fraction of sp³-hybridized carbons (Fsp3) is 0.348. The van der Waals surface area contributed by atoms with Crippen molar-refractivity contribution >= 4 is 11.0 Å². The molecule has 1 heterocycles. The van der Waals surface area contributed by atoms with Gasteiger partial charge in [-0.2, -0.15) is 0 Å². The Balaban J connectivity index is 1.60. The number of hydrogen-bond acceptors (Lipinski definition) is 6. The molecule has 152 valence electrons. The van der Waals surface area contributed by atoms with Crippen molar-refractivity contribution in [2.24, 2.45) is 0 Å². The molecule has 2 aromatic carbocycles. The molecular formula is C23H24O6. The highest BCUT2D eigenvalue weighted by atomic mass is 16.5. The summed E-state index contributed by atoms with van der Waals surface area (Å²) in [5.41, 5.74) is 2.31. The zero-order valence-corrected chi connectivity index (χ0v) is 16.3. The number of rotatable bonds is 6. The molecule has 6 heteroatoms. The van der Waals surface area contributed by atoms with Gasteiger partial charge in [0.25, 0.3) is 0 Å². The van der Waals surface area contributed by atoms with Crippen LogP contribution in [0, 0.1) is 0 Å². The molecule has 0 bridgehead atoms. The molecule has 0 spiro atoms. The molecule has 2 N–H and O–H groups in total. The van der Waals surface area contributed by atoms with Gasteiger partial charge in [-0.05, 0) is 67.1 Å². The Morgan fingerprint density at radius 1 is 1.00 bits per heavy atom. The Morgan fingerprint density at radius 2 is 1.69 bits per heavy atom. The van der Waals surface area contributed by atoms with E-state index in [1.54, 1.807) is 49.6 Å². The van der Waals surface area contributed by atoms with Crippen molar-refractivity contribution in [1.29, 1.82) is 0 Å². The second-order valence-electron chi connectivity index (χ2n) is 7.27. The first-order valence-electron chi connectivity index (χ1n) is 9.79. The maximum absolute atomic E-state index is 12.3. The van der Waals surface area contributed by atoms with Crippen LogP contribution in [0.4, 0.5) is 0 Å². The third-order valence-electron chi connectivity index (χ3n) is 5.44. The molecule has 0 aliphatic heterocycles. The van der Waals surface area contributed by atoms with Crippen molar-refractivity contribution in [1.82, 2.24) is 0 Å². The lowest BCUT2D eigenvalue weighted by atomic mass is 9.87. The molecule has 1 aromatic heterocycles. The summed E-state index contributed by atoms with van der Waals surface area (Å²) in [5, 5.41) is 22.1. The number of aryl methyl sites for hydroxylation is 1. The van der Waals surface area contributed by atoms with Crippen molar-refractivity contribution in [3.05, 3.63) is 69.6 Å². The molecule has 0 saturated carbocycles. The Bertz CT molecular complexity index is 1050. The Labute approximate surface area is 168 Å². The van der Waals surface area contributed by atoms with Crippen LogP contribution in [0.25, 0.3) is 11.0 Å². The van der Waals surface area contributed by atoms with Gasteiger partial charge in [-0.25, -0.2) is 4.79 Å². The maximum Gasteiger partial charge on any atom is 0.339 e. The van der Waals surface area contributed by atoms with Gasteiger partial charge < -0.3 is 24.1 Å². The monoisotopic (exact) mass is 396 g/mol. The van der Waals surface area contributed by atoms with Crippen molar-refractivity contribution in [3.63, 3.8) is 0 Å². The van der Waals surface area contributed by atoms with Crippen LogP contribution >= 0.6 is 0 Å². The summed E-state index contributed by atoms with van der Waals surface area (Å²) in [7, 11) is 1.58. The molecule has 1 aliphatic carbocycles. The molecule has 2 atom stereocenters. The number of aliphatic hydroxyl groups is 2. The summed E-state index contributed by atoms with van der Waals surface area (Å²) >= 11 is 0. The zero-order valence-electron chi connectivity index (χ0n) is 16.3. The normalized spacial score (nSPS) is 15.6. The third-order valence-corrected chi connectivity index (χ3v) is 5.44. The van der Waals surface area contributed by atoms with E-state index in [0.717, 1.165) is 30.2 Å². The maximum atomic E-state index is 12.3. The topological polar surface area (TPSA) is 89.1 Å². The summed E-state index contributed by atoms with van der Waals surface area (Å²) in [5.74, 6) is 1.28. The highest BCUT2D eigenvalue weighted by Gasteiger charge is 2.26. The molecule has 1 aliphatic rings. The van der Waals surface area contributed by atoms with E-state index < -0.39 is 12.2 Å². The summed E-state index contributed by atoms with van der Waals surface area (Å²) in [6.45, 7) is -0.0805. The quantitative estimate of drug-likeness (QED) is 0.622. The number of ether oxygens (including phenoxy) is 2. The largest absolute Gasteiger partial charge is 0.497 e. The van der Waals surface area contributed by atoms with Crippen LogP contribution in [0.5, 0.6) is 11.5 Å². The number of methoxy groups -OCH3 is 1. The van der Waals surface area contributed by atoms with Gasteiger partial charge in [-0.1, -0.05) is 12.1 Å². The van der Waals surface area contributed by atoms with E-state index in [9.17, 15) is 15.0 Å². The number of fused-ring (bicyclic) bond motifs is 3. The van der Waals surface area contributed by atoms with E-state index in [0.29, 0.717) is 34.6 Å². The second-order valence-corrected chi connectivity index (χ2v) is 7.27. The SMILES string of the molecule is COc1ccc(OCC(O)C(O)c2cccc3oc(=O)c4c(c23)CCCC4)cc1. The summed E-state index contributed by atoms with van der Waals surface area (Å²) in [6.07, 6.45) is 1.07. The minimum atomic E-state index is -1.17. The van der Waals surface area contributed by atoms with E-state index in [1.807, 2.05) is 0 Å². The van der Waals surface area contributed by atoms with Crippen LogP contribution in [-0.2, 0) is 12.8 Å². The number of benzene rings is 2. The van der Waals surface area contributed by atoms with Gasteiger partial charge in [0.2, 0.25) is 0 Å². The van der Waals surface area contributed by atoms with Gasteiger partial charge >= 0.3 is 5.63 Å². The highest BCUT2D eigenvalue weighted by Crippen LogP contribution is 2.33. The van der Waals surface area contributed by atoms with Crippen LogP contribution < -0.4 is 15.1 Å². The van der Waals surface area contributed by atoms with Crippen LogP contribution in [0.15, 0.2) is 51.7 Å². The molecule has 0 fully saturated rings. The molecule has 29 heavy (non-hydrogen) atoms. The molecule has 0 radical (unpaired) electrons. The first kappa shape index (κ1) is 19.5. The molecule has 2 unspecified atom stereocenters. The predicted octanol–water partition coefficient (Wildman–Crippen LogP) is 3.15. The average molecular weight is 396 g/mol. The van der Waals surface area contributed by atoms with Crippen molar-refractivity contribution in [2.45, 2.75) is 37.9 Å².